The van der Waals surface area contributed by atoms with Crippen LogP contribution in [0.25, 0.3) is 16.8 Å². The molecule has 146 valence electrons. The summed E-state index contributed by atoms with van der Waals surface area (Å²) in [5, 5.41) is 4.53. The van der Waals surface area contributed by atoms with Crippen LogP contribution in [0.5, 0.6) is 0 Å². The van der Waals surface area contributed by atoms with Gasteiger partial charge in [0.25, 0.3) is 0 Å². The van der Waals surface area contributed by atoms with Crippen molar-refractivity contribution in [1.29, 1.82) is 0 Å². The molecule has 1 aromatic carbocycles. The minimum atomic E-state index is 0.455. The molecule has 4 heterocycles. The molecule has 0 N–H and O–H groups in total. The summed E-state index contributed by atoms with van der Waals surface area (Å²) in [6, 6.07) is 10.3. The Morgan fingerprint density at radius 2 is 1.82 bits per heavy atom. The maximum Gasteiger partial charge on any atom is 0.162 e. The van der Waals surface area contributed by atoms with Crippen molar-refractivity contribution < 1.29 is 4.74 Å². The zero-order valence-corrected chi connectivity index (χ0v) is 16.2. The van der Waals surface area contributed by atoms with Crippen LogP contribution in [0.3, 0.4) is 0 Å². The van der Waals surface area contributed by atoms with E-state index in [0.29, 0.717) is 6.10 Å². The van der Waals surface area contributed by atoms with E-state index in [4.69, 9.17) is 9.72 Å². The van der Waals surface area contributed by atoms with Gasteiger partial charge >= 0.3 is 0 Å². The molecule has 2 aliphatic heterocycles. The molecule has 0 bridgehead atoms. The molecular weight excluding hydrogens is 350 g/mol. The van der Waals surface area contributed by atoms with E-state index in [1.165, 1.54) is 18.4 Å². The summed E-state index contributed by atoms with van der Waals surface area (Å²) >= 11 is 0. The third-order valence-corrected chi connectivity index (χ3v) is 5.85. The number of ether oxygens (including phenoxy) is 1. The van der Waals surface area contributed by atoms with E-state index in [0.717, 1.165) is 62.6 Å². The molecule has 0 amide bonds. The van der Waals surface area contributed by atoms with Crippen molar-refractivity contribution in [3.63, 3.8) is 0 Å². The van der Waals surface area contributed by atoms with Gasteiger partial charge < -0.3 is 4.74 Å². The van der Waals surface area contributed by atoms with Gasteiger partial charge in [-0.05, 0) is 18.4 Å². The van der Waals surface area contributed by atoms with Gasteiger partial charge in [0.1, 0.15) is 0 Å². The lowest BCUT2D eigenvalue weighted by Gasteiger charge is -2.35. The summed E-state index contributed by atoms with van der Waals surface area (Å²) in [5.74, 6) is 0. The molecule has 6 nitrogen and oxygen atoms in total. The predicted octanol–water partition coefficient (Wildman–Crippen LogP) is 2.69. The zero-order valence-electron chi connectivity index (χ0n) is 16.2. The number of fused-ring (bicyclic) bond motifs is 1. The molecule has 0 aliphatic carbocycles. The van der Waals surface area contributed by atoms with Crippen molar-refractivity contribution in [3.8, 4) is 11.1 Å². The summed E-state index contributed by atoms with van der Waals surface area (Å²) in [7, 11) is 0. The van der Waals surface area contributed by atoms with Crippen LogP contribution >= 0.6 is 0 Å². The van der Waals surface area contributed by atoms with Crippen molar-refractivity contribution >= 4 is 5.65 Å². The molecule has 2 aromatic heterocycles. The van der Waals surface area contributed by atoms with E-state index in [1.54, 1.807) is 0 Å². The first-order chi connectivity index (χ1) is 13.8. The van der Waals surface area contributed by atoms with E-state index in [1.807, 2.05) is 35.1 Å². The van der Waals surface area contributed by atoms with Gasteiger partial charge in [-0.3, -0.25) is 9.80 Å². The topological polar surface area (TPSA) is 45.9 Å². The van der Waals surface area contributed by atoms with Crippen molar-refractivity contribution in [2.75, 3.05) is 39.3 Å². The molecule has 0 saturated carbocycles. The van der Waals surface area contributed by atoms with Crippen LogP contribution in [0.15, 0.2) is 48.9 Å². The van der Waals surface area contributed by atoms with Crippen LogP contribution in [-0.2, 0) is 11.3 Å². The van der Waals surface area contributed by atoms with Gasteiger partial charge in [-0.2, -0.15) is 5.10 Å². The number of piperazine rings is 1. The highest BCUT2D eigenvalue weighted by molar-refractivity contribution is 5.76. The number of benzene rings is 1. The van der Waals surface area contributed by atoms with Gasteiger partial charge in [0.2, 0.25) is 0 Å². The SMILES string of the molecule is c1ccc(-c2cnn3cc(CN4CCN(C[C@@H]5CCCO5)CC4)cnc23)cc1. The number of hydrogen-bond donors (Lipinski definition) is 0. The maximum absolute atomic E-state index is 5.78. The lowest BCUT2D eigenvalue weighted by atomic mass is 10.1. The van der Waals surface area contributed by atoms with Crippen LogP contribution in [0.1, 0.15) is 18.4 Å². The van der Waals surface area contributed by atoms with Gasteiger partial charge in [0.05, 0.1) is 12.3 Å². The molecule has 3 aromatic rings. The van der Waals surface area contributed by atoms with Gasteiger partial charge in [0.15, 0.2) is 5.65 Å². The molecule has 0 spiro atoms. The largest absolute Gasteiger partial charge is 0.377 e. The monoisotopic (exact) mass is 377 g/mol. The van der Waals surface area contributed by atoms with Gasteiger partial charge in [-0.25, -0.2) is 9.50 Å². The Hall–Kier alpha value is -2.28. The van der Waals surface area contributed by atoms with Crippen molar-refractivity contribution in [3.05, 3.63) is 54.5 Å². The lowest BCUT2D eigenvalue weighted by Crippen LogP contribution is -2.48. The van der Waals surface area contributed by atoms with Crippen LogP contribution < -0.4 is 0 Å². The predicted molar refractivity (Wildman–Crippen MR) is 109 cm³/mol. The first kappa shape index (κ1) is 17.8. The van der Waals surface area contributed by atoms with E-state index in [9.17, 15) is 0 Å². The molecule has 28 heavy (non-hydrogen) atoms. The highest BCUT2D eigenvalue weighted by Gasteiger charge is 2.23. The minimum Gasteiger partial charge on any atom is -0.377 e. The Morgan fingerprint density at radius 1 is 1.00 bits per heavy atom. The fraction of sp³-hybridized carbons (Fsp3) is 0.455. The normalized spacial score (nSPS) is 21.5. The first-order valence-electron chi connectivity index (χ1n) is 10.3. The second-order valence-electron chi connectivity index (χ2n) is 7.87. The van der Waals surface area contributed by atoms with E-state index < -0.39 is 0 Å². The molecule has 5 rings (SSSR count). The Balaban J connectivity index is 1.21. The van der Waals surface area contributed by atoms with Crippen molar-refractivity contribution in [1.82, 2.24) is 24.4 Å². The number of hydrogen-bond acceptors (Lipinski definition) is 5. The summed E-state index contributed by atoms with van der Waals surface area (Å²) in [6.45, 7) is 7.40. The fourth-order valence-corrected chi connectivity index (χ4v) is 4.28. The second-order valence-corrected chi connectivity index (χ2v) is 7.87. The molecule has 1 atom stereocenters. The molecular formula is C22H27N5O. The quantitative estimate of drug-likeness (QED) is 0.684. The Labute approximate surface area is 165 Å². The van der Waals surface area contributed by atoms with Gasteiger partial charge in [-0.15, -0.1) is 0 Å². The molecule has 6 heteroatoms. The van der Waals surface area contributed by atoms with Gasteiger partial charge in [-0.1, -0.05) is 30.3 Å². The molecule has 2 saturated heterocycles. The molecule has 2 aliphatic rings. The average Bonchev–Trinajstić information content (AvgIpc) is 3.40. The number of aromatic nitrogens is 3. The maximum atomic E-state index is 5.78. The van der Waals surface area contributed by atoms with E-state index in [2.05, 4.69) is 33.2 Å². The smallest absolute Gasteiger partial charge is 0.162 e. The van der Waals surface area contributed by atoms with Gasteiger partial charge in [0, 0.05) is 69.4 Å². The van der Waals surface area contributed by atoms with Crippen LogP contribution in [0.4, 0.5) is 0 Å². The third-order valence-electron chi connectivity index (χ3n) is 5.85. The van der Waals surface area contributed by atoms with Crippen LogP contribution in [-0.4, -0.2) is 69.8 Å². The third kappa shape index (κ3) is 3.81. The molecule has 0 unspecified atom stereocenters. The highest BCUT2D eigenvalue weighted by Crippen LogP contribution is 2.23. The Morgan fingerprint density at radius 3 is 2.61 bits per heavy atom. The Bertz CT molecular complexity index is 911. The van der Waals surface area contributed by atoms with Crippen LogP contribution in [0, 0.1) is 0 Å². The fourth-order valence-electron chi connectivity index (χ4n) is 4.28. The van der Waals surface area contributed by atoms with E-state index in [-0.39, 0.29) is 0 Å². The minimum absolute atomic E-state index is 0.455. The van der Waals surface area contributed by atoms with E-state index >= 15 is 0 Å². The van der Waals surface area contributed by atoms with Crippen LogP contribution in [0.2, 0.25) is 0 Å². The highest BCUT2D eigenvalue weighted by atomic mass is 16.5. The van der Waals surface area contributed by atoms with Crippen molar-refractivity contribution in [2.24, 2.45) is 0 Å². The Kier molecular flexibility index (Phi) is 5.08. The zero-order chi connectivity index (χ0) is 18.8. The molecule has 0 radical (unpaired) electrons. The first-order valence-corrected chi connectivity index (χ1v) is 10.3. The number of nitrogens with zero attached hydrogens (tertiary/aromatic N) is 5. The molecule has 2 fully saturated rings. The standard InChI is InChI=1S/C22H27N5O/c1-2-5-19(6-3-1)21-14-24-27-16-18(13-23-22(21)27)15-25-8-10-26(11-9-25)17-20-7-4-12-28-20/h1-3,5-6,13-14,16,20H,4,7-12,15,17H2/t20-/m0/s1. The summed E-state index contributed by atoms with van der Waals surface area (Å²) in [5.41, 5.74) is 4.36. The second kappa shape index (κ2) is 7.99. The van der Waals surface area contributed by atoms with Crippen molar-refractivity contribution in [2.45, 2.75) is 25.5 Å². The summed E-state index contributed by atoms with van der Waals surface area (Å²) in [6.07, 6.45) is 8.93. The summed E-state index contributed by atoms with van der Waals surface area (Å²) in [4.78, 5) is 9.77. The lowest BCUT2D eigenvalue weighted by molar-refractivity contribution is 0.0489. The number of rotatable bonds is 5. The average molecular weight is 377 g/mol. The summed E-state index contributed by atoms with van der Waals surface area (Å²) < 4.78 is 7.69.